The van der Waals surface area contributed by atoms with Gasteiger partial charge in [0, 0.05) is 11.8 Å². The summed E-state index contributed by atoms with van der Waals surface area (Å²) in [6, 6.07) is 6.25. The molecule has 2 rings (SSSR count). The van der Waals surface area contributed by atoms with E-state index in [0.29, 0.717) is 0 Å². The molecule has 0 saturated carbocycles. The normalized spacial score (nSPS) is 10.3. The summed E-state index contributed by atoms with van der Waals surface area (Å²) in [5.41, 5.74) is 4.82. The van der Waals surface area contributed by atoms with E-state index in [1.807, 2.05) is 6.20 Å². The van der Waals surface area contributed by atoms with Gasteiger partial charge >= 0.3 is 0 Å². The fourth-order valence-electron chi connectivity index (χ4n) is 1.40. The number of hydrogen-bond acceptors (Lipinski definition) is 1. The van der Waals surface area contributed by atoms with Crippen molar-refractivity contribution in [3.05, 3.63) is 41.7 Å². The van der Waals surface area contributed by atoms with Crippen molar-refractivity contribution in [3.8, 4) is 11.1 Å². The number of rotatable bonds is 1. The first kappa shape index (κ1) is 8.05. The summed E-state index contributed by atoms with van der Waals surface area (Å²) in [7, 11) is 0. The van der Waals surface area contributed by atoms with Crippen molar-refractivity contribution >= 4 is 0 Å². The molecule has 0 bridgehead atoms. The van der Waals surface area contributed by atoms with Crippen LogP contribution in [0.15, 0.2) is 24.4 Å². The molecule has 0 aliphatic carbocycles. The SMILES string of the molecule is Cc1cccc(-c2[c]n[nH]c2)c1C. The molecule has 1 radical (unpaired) electrons. The minimum atomic E-state index is 1.03. The van der Waals surface area contributed by atoms with Gasteiger partial charge in [0.05, 0.1) is 0 Å². The van der Waals surface area contributed by atoms with Crippen LogP contribution in [0.25, 0.3) is 11.1 Å². The molecule has 0 saturated heterocycles. The van der Waals surface area contributed by atoms with Crippen molar-refractivity contribution in [3.63, 3.8) is 0 Å². The molecular formula is C11H11N2. The van der Waals surface area contributed by atoms with Crippen LogP contribution in [0.5, 0.6) is 0 Å². The van der Waals surface area contributed by atoms with Crippen LogP contribution in [0.4, 0.5) is 0 Å². The molecule has 0 aliphatic rings. The Kier molecular flexibility index (Phi) is 1.89. The average Bonchev–Trinajstić information content (AvgIpc) is 2.62. The first-order valence-corrected chi connectivity index (χ1v) is 4.27. The molecule has 0 aliphatic heterocycles. The zero-order chi connectivity index (χ0) is 9.26. The second-order valence-corrected chi connectivity index (χ2v) is 3.16. The average molecular weight is 171 g/mol. The number of aromatic nitrogens is 2. The van der Waals surface area contributed by atoms with Gasteiger partial charge in [0.2, 0.25) is 0 Å². The molecule has 65 valence electrons. The fourth-order valence-corrected chi connectivity index (χ4v) is 1.40. The van der Waals surface area contributed by atoms with Crippen LogP contribution < -0.4 is 0 Å². The molecule has 1 aromatic heterocycles. The van der Waals surface area contributed by atoms with Crippen LogP contribution in [0.3, 0.4) is 0 Å². The lowest BCUT2D eigenvalue weighted by Crippen LogP contribution is -1.84. The zero-order valence-electron chi connectivity index (χ0n) is 7.76. The lowest BCUT2D eigenvalue weighted by molar-refractivity contribution is 1.08. The van der Waals surface area contributed by atoms with Gasteiger partial charge in [0.15, 0.2) is 0 Å². The number of benzene rings is 1. The number of H-pyrrole nitrogens is 1. The largest absolute Gasteiger partial charge is 0.284 e. The van der Waals surface area contributed by atoms with Gasteiger partial charge in [0.1, 0.15) is 6.20 Å². The minimum absolute atomic E-state index is 1.03. The number of nitrogens with one attached hydrogen (secondary N) is 1. The molecular weight excluding hydrogens is 160 g/mol. The van der Waals surface area contributed by atoms with E-state index in [-0.39, 0.29) is 0 Å². The highest BCUT2D eigenvalue weighted by Crippen LogP contribution is 2.23. The number of aromatic amines is 1. The Balaban J connectivity index is 2.59. The van der Waals surface area contributed by atoms with Crippen molar-refractivity contribution in [2.24, 2.45) is 0 Å². The Morgan fingerprint density at radius 3 is 2.85 bits per heavy atom. The smallest absolute Gasteiger partial charge is 0.121 e. The quantitative estimate of drug-likeness (QED) is 0.701. The molecule has 2 heteroatoms. The van der Waals surface area contributed by atoms with E-state index >= 15 is 0 Å². The van der Waals surface area contributed by atoms with E-state index in [4.69, 9.17) is 0 Å². The Morgan fingerprint density at radius 1 is 1.31 bits per heavy atom. The maximum absolute atomic E-state index is 3.82. The Bertz CT molecular complexity index is 402. The van der Waals surface area contributed by atoms with Crippen molar-refractivity contribution in [2.45, 2.75) is 13.8 Å². The van der Waals surface area contributed by atoms with Gasteiger partial charge < -0.3 is 0 Å². The van der Waals surface area contributed by atoms with Crippen LogP contribution in [-0.2, 0) is 0 Å². The molecule has 0 spiro atoms. The molecule has 1 N–H and O–H groups in total. The van der Waals surface area contributed by atoms with E-state index in [1.54, 1.807) is 0 Å². The van der Waals surface area contributed by atoms with E-state index < -0.39 is 0 Å². The summed E-state index contributed by atoms with van der Waals surface area (Å²) in [5.74, 6) is 0. The third kappa shape index (κ3) is 1.35. The molecule has 0 atom stereocenters. The maximum atomic E-state index is 3.82. The van der Waals surface area contributed by atoms with Crippen LogP contribution in [-0.4, -0.2) is 10.2 Å². The predicted octanol–water partition coefficient (Wildman–Crippen LogP) is 2.49. The highest BCUT2D eigenvalue weighted by atomic mass is 15.1. The van der Waals surface area contributed by atoms with Gasteiger partial charge in [-0.25, -0.2) is 0 Å². The van der Waals surface area contributed by atoms with E-state index in [9.17, 15) is 0 Å². The Morgan fingerprint density at radius 2 is 2.15 bits per heavy atom. The lowest BCUT2D eigenvalue weighted by atomic mass is 10.00. The van der Waals surface area contributed by atoms with Crippen molar-refractivity contribution < 1.29 is 0 Å². The summed E-state index contributed by atoms with van der Waals surface area (Å²) >= 11 is 0. The van der Waals surface area contributed by atoms with E-state index in [1.165, 1.54) is 16.7 Å². The topological polar surface area (TPSA) is 28.7 Å². The predicted molar refractivity (Wildman–Crippen MR) is 52.3 cm³/mol. The third-order valence-corrected chi connectivity index (χ3v) is 2.34. The molecule has 0 fully saturated rings. The summed E-state index contributed by atoms with van der Waals surface area (Å²) in [4.78, 5) is 0. The first-order chi connectivity index (χ1) is 6.29. The summed E-state index contributed by atoms with van der Waals surface area (Å²) in [5, 5.41) is 6.59. The van der Waals surface area contributed by atoms with Gasteiger partial charge in [0.25, 0.3) is 0 Å². The lowest BCUT2D eigenvalue weighted by Gasteiger charge is -2.04. The van der Waals surface area contributed by atoms with Gasteiger partial charge in [-0.05, 0) is 30.5 Å². The van der Waals surface area contributed by atoms with Crippen LogP contribution in [0.2, 0.25) is 0 Å². The highest BCUT2D eigenvalue weighted by Gasteiger charge is 2.03. The fraction of sp³-hybridized carbons (Fsp3) is 0.182. The summed E-state index contributed by atoms with van der Waals surface area (Å²) in [6.07, 6.45) is 4.78. The molecule has 2 aromatic rings. The van der Waals surface area contributed by atoms with E-state index in [0.717, 1.165) is 5.56 Å². The summed E-state index contributed by atoms with van der Waals surface area (Å²) < 4.78 is 0. The second kappa shape index (κ2) is 3.05. The molecule has 1 aromatic carbocycles. The third-order valence-electron chi connectivity index (χ3n) is 2.34. The van der Waals surface area contributed by atoms with E-state index in [2.05, 4.69) is 48.4 Å². The highest BCUT2D eigenvalue weighted by molar-refractivity contribution is 5.66. The maximum Gasteiger partial charge on any atom is 0.121 e. The van der Waals surface area contributed by atoms with Gasteiger partial charge in [-0.1, -0.05) is 18.2 Å². The molecule has 2 nitrogen and oxygen atoms in total. The Labute approximate surface area is 77.6 Å². The van der Waals surface area contributed by atoms with Crippen molar-refractivity contribution in [2.75, 3.05) is 0 Å². The summed E-state index contributed by atoms with van der Waals surface area (Å²) in [6.45, 7) is 4.23. The van der Waals surface area contributed by atoms with Crippen LogP contribution in [0.1, 0.15) is 11.1 Å². The van der Waals surface area contributed by atoms with Crippen molar-refractivity contribution in [1.82, 2.24) is 10.2 Å². The standard InChI is InChI=1S/C11H11N2/c1-8-4-3-5-11(9(8)2)10-6-12-13-7-10/h3-6H,1-2H3,(H,12,13). The molecule has 1 heterocycles. The van der Waals surface area contributed by atoms with Gasteiger partial charge in [-0.3, -0.25) is 5.10 Å². The van der Waals surface area contributed by atoms with Crippen molar-refractivity contribution in [1.29, 1.82) is 0 Å². The Hall–Kier alpha value is -1.57. The zero-order valence-corrected chi connectivity index (χ0v) is 7.76. The number of hydrogen-bond donors (Lipinski definition) is 1. The van der Waals surface area contributed by atoms with Crippen LogP contribution >= 0.6 is 0 Å². The monoisotopic (exact) mass is 171 g/mol. The van der Waals surface area contributed by atoms with Gasteiger partial charge in [-0.15, -0.1) is 0 Å². The first-order valence-electron chi connectivity index (χ1n) is 4.27. The molecule has 13 heavy (non-hydrogen) atoms. The number of nitrogens with zero attached hydrogens (tertiary/aromatic N) is 1. The number of aryl methyl sites for hydroxylation is 1. The minimum Gasteiger partial charge on any atom is -0.284 e. The molecule has 0 unspecified atom stereocenters. The van der Waals surface area contributed by atoms with Crippen LogP contribution in [0, 0.1) is 20.0 Å². The second-order valence-electron chi connectivity index (χ2n) is 3.16. The van der Waals surface area contributed by atoms with Gasteiger partial charge in [-0.2, -0.15) is 5.10 Å². The molecule has 0 amide bonds.